The molecular formula is C15H19N3. The minimum Gasteiger partial charge on any atom is -0.396 e. The van der Waals surface area contributed by atoms with Gasteiger partial charge in [-0.2, -0.15) is 0 Å². The van der Waals surface area contributed by atoms with E-state index in [1.807, 2.05) is 18.2 Å². The van der Waals surface area contributed by atoms with Gasteiger partial charge < -0.3 is 11.1 Å². The fraction of sp³-hybridized carbons (Fsp3) is 0.400. The van der Waals surface area contributed by atoms with Crippen LogP contribution < -0.4 is 11.1 Å². The Morgan fingerprint density at radius 1 is 1.28 bits per heavy atom. The normalized spacial score (nSPS) is 23.4. The van der Waals surface area contributed by atoms with Crippen LogP contribution in [0.3, 0.4) is 0 Å². The zero-order chi connectivity index (χ0) is 12.5. The number of nitrogens with two attached hydrogens (primary N) is 1. The fourth-order valence-corrected chi connectivity index (χ4v) is 2.86. The first-order valence-corrected chi connectivity index (χ1v) is 6.64. The van der Waals surface area contributed by atoms with E-state index in [4.69, 9.17) is 5.73 Å². The largest absolute Gasteiger partial charge is 0.396 e. The molecule has 1 aliphatic rings. The van der Waals surface area contributed by atoms with Crippen LogP contribution in [0.15, 0.2) is 30.5 Å². The molecule has 1 aromatic heterocycles. The Morgan fingerprint density at radius 2 is 2.11 bits per heavy atom. The smallest absolute Gasteiger partial charge is 0.0743 e. The molecule has 0 radical (unpaired) electrons. The van der Waals surface area contributed by atoms with Crippen molar-refractivity contribution < 1.29 is 0 Å². The van der Waals surface area contributed by atoms with Crippen molar-refractivity contribution in [3.8, 4) is 0 Å². The summed E-state index contributed by atoms with van der Waals surface area (Å²) in [5.74, 6) is 0.817. The van der Waals surface area contributed by atoms with Gasteiger partial charge in [0.25, 0.3) is 0 Å². The summed E-state index contributed by atoms with van der Waals surface area (Å²) < 4.78 is 0. The first-order chi connectivity index (χ1) is 8.74. The Kier molecular flexibility index (Phi) is 2.82. The van der Waals surface area contributed by atoms with E-state index in [1.54, 1.807) is 6.20 Å². The highest BCUT2D eigenvalue weighted by molar-refractivity contribution is 5.96. The minimum absolute atomic E-state index is 0.549. The van der Waals surface area contributed by atoms with Gasteiger partial charge >= 0.3 is 0 Å². The van der Waals surface area contributed by atoms with Crippen molar-refractivity contribution in [3.05, 3.63) is 30.5 Å². The van der Waals surface area contributed by atoms with Gasteiger partial charge in [0.2, 0.25) is 0 Å². The fourth-order valence-electron chi connectivity index (χ4n) is 2.86. The van der Waals surface area contributed by atoms with Gasteiger partial charge in [-0.05, 0) is 31.2 Å². The van der Waals surface area contributed by atoms with E-state index in [2.05, 4.69) is 23.3 Å². The summed E-state index contributed by atoms with van der Waals surface area (Å²) in [7, 11) is 0. The second-order valence-electron chi connectivity index (χ2n) is 5.37. The molecule has 0 spiro atoms. The number of nitrogens with zero attached hydrogens (tertiary/aromatic N) is 1. The molecule has 1 aliphatic carbocycles. The van der Waals surface area contributed by atoms with E-state index in [9.17, 15) is 0 Å². The highest BCUT2D eigenvalue weighted by atomic mass is 15.0. The third kappa shape index (κ3) is 2.01. The van der Waals surface area contributed by atoms with Crippen LogP contribution >= 0.6 is 0 Å². The van der Waals surface area contributed by atoms with Gasteiger partial charge in [-0.1, -0.05) is 25.1 Å². The molecule has 1 saturated carbocycles. The molecule has 1 heterocycles. The van der Waals surface area contributed by atoms with Crippen LogP contribution in [0.1, 0.15) is 26.2 Å². The number of anilines is 2. The predicted molar refractivity (Wildman–Crippen MR) is 76.6 cm³/mol. The van der Waals surface area contributed by atoms with E-state index >= 15 is 0 Å². The maximum absolute atomic E-state index is 6.07. The minimum atomic E-state index is 0.549. The third-order valence-corrected chi connectivity index (χ3v) is 3.85. The molecule has 3 heteroatoms. The van der Waals surface area contributed by atoms with Crippen molar-refractivity contribution in [3.63, 3.8) is 0 Å². The van der Waals surface area contributed by atoms with Crippen LogP contribution in [0.25, 0.3) is 10.9 Å². The summed E-state index contributed by atoms with van der Waals surface area (Å²) in [5, 5.41) is 4.74. The Labute approximate surface area is 107 Å². The number of fused-ring (bicyclic) bond motifs is 1. The van der Waals surface area contributed by atoms with Gasteiger partial charge in [-0.15, -0.1) is 0 Å². The number of benzene rings is 1. The van der Waals surface area contributed by atoms with E-state index in [0.29, 0.717) is 6.04 Å². The van der Waals surface area contributed by atoms with Crippen LogP contribution in [0.5, 0.6) is 0 Å². The van der Waals surface area contributed by atoms with Gasteiger partial charge in [-0.3, -0.25) is 4.98 Å². The van der Waals surface area contributed by atoms with Crippen molar-refractivity contribution in [2.24, 2.45) is 5.92 Å². The van der Waals surface area contributed by atoms with Crippen LogP contribution in [0, 0.1) is 5.92 Å². The van der Waals surface area contributed by atoms with E-state index in [-0.39, 0.29) is 0 Å². The number of hydrogen-bond donors (Lipinski definition) is 2. The molecule has 0 saturated heterocycles. The molecule has 3 nitrogen and oxygen atoms in total. The zero-order valence-corrected chi connectivity index (χ0v) is 10.7. The number of nitrogen functional groups attached to an aromatic ring is 1. The lowest BCUT2D eigenvalue weighted by Crippen LogP contribution is -2.16. The monoisotopic (exact) mass is 241 g/mol. The zero-order valence-electron chi connectivity index (χ0n) is 10.7. The lowest BCUT2D eigenvalue weighted by Gasteiger charge is -2.17. The van der Waals surface area contributed by atoms with E-state index in [0.717, 1.165) is 28.2 Å². The van der Waals surface area contributed by atoms with E-state index < -0.39 is 0 Å². The van der Waals surface area contributed by atoms with Crippen LogP contribution in [-0.4, -0.2) is 11.0 Å². The Bertz CT molecular complexity index is 565. The molecule has 2 unspecified atom stereocenters. The number of aromatic nitrogens is 1. The highest BCUT2D eigenvalue weighted by Crippen LogP contribution is 2.33. The lowest BCUT2D eigenvalue weighted by atomic mass is 10.1. The molecule has 0 aliphatic heterocycles. The molecule has 94 valence electrons. The van der Waals surface area contributed by atoms with Gasteiger partial charge in [0.05, 0.1) is 23.1 Å². The maximum atomic E-state index is 6.07. The van der Waals surface area contributed by atoms with E-state index in [1.165, 1.54) is 19.3 Å². The van der Waals surface area contributed by atoms with Crippen molar-refractivity contribution in [2.75, 3.05) is 11.1 Å². The summed E-state index contributed by atoms with van der Waals surface area (Å²) in [4.78, 5) is 4.37. The average molecular weight is 241 g/mol. The molecule has 0 bridgehead atoms. The Hall–Kier alpha value is -1.77. The summed E-state index contributed by atoms with van der Waals surface area (Å²) in [6.07, 6.45) is 5.52. The highest BCUT2D eigenvalue weighted by Gasteiger charge is 2.22. The molecule has 3 N–H and O–H groups in total. The Balaban J connectivity index is 1.97. The molecular weight excluding hydrogens is 222 g/mol. The quantitative estimate of drug-likeness (QED) is 0.847. The topological polar surface area (TPSA) is 50.9 Å². The summed E-state index contributed by atoms with van der Waals surface area (Å²) in [5.41, 5.74) is 8.87. The summed E-state index contributed by atoms with van der Waals surface area (Å²) in [6, 6.07) is 8.70. The second kappa shape index (κ2) is 4.48. The maximum Gasteiger partial charge on any atom is 0.0743 e. The number of pyridine rings is 1. The number of para-hydroxylation sites is 1. The van der Waals surface area contributed by atoms with Crippen molar-refractivity contribution in [2.45, 2.75) is 32.2 Å². The summed E-state index contributed by atoms with van der Waals surface area (Å²) >= 11 is 0. The van der Waals surface area contributed by atoms with Gasteiger partial charge in [0.15, 0.2) is 0 Å². The average Bonchev–Trinajstić information content (AvgIpc) is 2.79. The van der Waals surface area contributed by atoms with Gasteiger partial charge in [0.1, 0.15) is 0 Å². The van der Waals surface area contributed by atoms with Crippen LogP contribution in [-0.2, 0) is 0 Å². The lowest BCUT2D eigenvalue weighted by molar-refractivity contribution is 0.603. The molecule has 3 rings (SSSR count). The molecule has 0 amide bonds. The first kappa shape index (κ1) is 11.3. The van der Waals surface area contributed by atoms with Crippen LogP contribution in [0.2, 0.25) is 0 Å². The predicted octanol–water partition coefficient (Wildman–Crippen LogP) is 3.42. The Morgan fingerprint density at radius 3 is 2.89 bits per heavy atom. The first-order valence-electron chi connectivity index (χ1n) is 6.64. The molecule has 2 atom stereocenters. The van der Waals surface area contributed by atoms with Crippen molar-refractivity contribution in [1.82, 2.24) is 4.98 Å². The standard InChI is InChI=1S/C15H19N3/c1-10-6-7-11(8-10)18-15-12-4-2-3-5-14(12)17-9-13(15)16/h2-5,9-11H,6-8,16H2,1H3,(H,17,18). The molecule has 1 fully saturated rings. The summed E-state index contributed by atoms with van der Waals surface area (Å²) in [6.45, 7) is 2.32. The van der Waals surface area contributed by atoms with Crippen molar-refractivity contribution >= 4 is 22.3 Å². The third-order valence-electron chi connectivity index (χ3n) is 3.85. The second-order valence-corrected chi connectivity index (χ2v) is 5.37. The number of rotatable bonds is 2. The van der Waals surface area contributed by atoms with Crippen molar-refractivity contribution in [1.29, 1.82) is 0 Å². The van der Waals surface area contributed by atoms with Crippen LogP contribution in [0.4, 0.5) is 11.4 Å². The number of nitrogens with one attached hydrogen (secondary N) is 1. The van der Waals surface area contributed by atoms with Gasteiger partial charge in [0, 0.05) is 11.4 Å². The molecule has 1 aromatic carbocycles. The molecule has 18 heavy (non-hydrogen) atoms. The molecule has 2 aromatic rings. The SMILES string of the molecule is CC1CCC(Nc2c(N)cnc3ccccc23)C1. The number of hydrogen-bond acceptors (Lipinski definition) is 3. The van der Waals surface area contributed by atoms with Gasteiger partial charge in [-0.25, -0.2) is 0 Å².